The molecule has 140 valence electrons. The zero-order valence-electron chi connectivity index (χ0n) is 15.8. The van der Waals surface area contributed by atoms with Gasteiger partial charge in [0.25, 0.3) is 5.91 Å². The number of hydrogen-bond donors (Lipinski definition) is 0. The molecule has 6 nitrogen and oxygen atoms in total. The number of carbonyl (C=O) groups is 1. The summed E-state index contributed by atoms with van der Waals surface area (Å²) in [6.45, 7) is 7.86. The molecule has 3 heterocycles. The topological polar surface area (TPSA) is 63.9 Å². The molecule has 0 saturated heterocycles. The molecule has 3 aromatic rings. The van der Waals surface area contributed by atoms with E-state index in [-0.39, 0.29) is 5.91 Å². The number of fused-ring (bicyclic) bond motifs is 3. The maximum atomic E-state index is 12.9. The lowest BCUT2D eigenvalue weighted by molar-refractivity contribution is 0.0988. The number of aryl methyl sites for hydroxylation is 1. The minimum atomic E-state index is -0.0626. The van der Waals surface area contributed by atoms with Crippen LogP contribution in [-0.4, -0.2) is 32.2 Å². The minimum Gasteiger partial charge on any atom is -0.284 e. The second-order valence-electron chi connectivity index (χ2n) is 7.14. The first-order valence-corrected chi connectivity index (χ1v) is 10.2. The number of rotatable bonds is 5. The predicted molar refractivity (Wildman–Crippen MR) is 107 cm³/mol. The van der Waals surface area contributed by atoms with E-state index < -0.39 is 0 Å². The van der Waals surface area contributed by atoms with Gasteiger partial charge in [-0.25, -0.2) is 4.98 Å². The molecule has 4 rings (SSSR count). The zero-order chi connectivity index (χ0) is 19.0. The predicted octanol–water partition coefficient (Wildman–Crippen LogP) is 3.82. The highest BCUT2D eigenvalue weighted by molar-refractivity contribution is 7.16. The van der Waals surface area contributed by atoms with Gasteiger partial charge in [0.2, 0.25) is 0 Å². The van der Waals surface area contributed by atoms with Crippen LogP contribution < -0.4 is 4.90 Å². The largest absolute Gasteiger partial charge is 0.284 e. The molecule has 7 heteroatoms. The molecule has 0 saturated carbocycles. The van der Waals surface area contributed by atoms with Crippen LogP contribution in [0.1, 0.15) is 41.7 Å². The van der Waals surface area contributed by atoms with Crippen LogP contribution in [0.15, 0.2) is 30.7 Å². The molecule has 0 unspecified atom stereocenters. The van der Waals surface area contributed by atoms with Crippen LogP contribution in [0.2, 0.25) is 0 Å². The van der Waals surface area contributed by atoms with E-state index in [1.165, 1.54) is 10.6 Å². The van der Waals surface area contributed by atoms with E-state index in [1.54, 1.807) is 40.8 Å². The third kappa shape index (κ3) is 3.27. The summed E-state index contributed by atoms with van der Waals surface area (Å²) in [5.41, 5.74) is 3.95. The van der Waals surface area contributed by atoms with Crippen LogP contribution in [0.4, 0.5) is 5.13 Å². The van der Waals surface area contributed by atoms with Crippen LogP contribution in [0, 0.1) is 5.92 Å². The summed E-state index contributed by atoms with van der Waals surface area (Å²) in [4.78, 5) is 24.8. The van der Waals surface area contributed by atoms with Gasteiger partial charge in [-0.15, -0.1) is 11.3 Å². The van der Waals surface area contributed by atoms with Crippen LogP contribution in [0.3, 0.4) is 0 Å². The Kier molecular flexibility index (Phi) is 4.78. The van der Waals surface area contributed by atoms with Gasteiger partial charge in [0.05, 0.1) is 17.5 Å². The molecule has 0 spiro atoms. The van der Waals surface area contributed by atoms with E-state index in [2.05, 4.69) is 28.6 Å². The summed E-state index contributed by atoms with van der Waals surface area (Å²) in [7, 11) is 0. The Morgan fingerprint density at radius 2 is 2.19 bits per heavy atom. The van der Waals surface area contributed by atoms with E-state index in [4.69, 9.17) is 4.98 Å². The van der Waals surface area contributed by atoms with Crippen molar-refractivity contribution in [2.24, 2.45) is 5.92 Å². The van der Waals surface area contributed by atoms with Gasteiger partial charge >= 0.3 is 0 Å². The first kappa shape index (κ1) is 17.9. The van der Waals surface area contributed by atoms with E-state index >= 15 is 0 Å². The highest BCUT2D eigenvalue weighted by Crippen LogP contribution is 2.39. The molecule has 1 aliphatic rings. The van der Waals surface area contributed by atoms with E-state index in [1.807, 2.05) is 13.1 Å². The average Bonchev–Trinajstić information content (AvgIpc) is 3.26. The van der Waals surface area contributed by atoms with Crippen molar-refractivity contribution in [2.75, 3.05) is 11.4 Å². The Bertz CT molecular complexity index is 960. The Labute approximate surface area is 162 Å². The molecule has 0 aliphatic heterocycles. The first-order valence-electron chi connectivity index (χ1n) is 9.35. The molecular weight excluding hydrogens is 358 g/mol. The molecule has 1 aliphatic carbocycles. The van der Waals surface area contributed by atoms with Crippen molar-refractivity contribution in [3.63, 3.8) is 0 Å². The van der Waals surface area contributed by atoms with Gasteiger partial charge in [0.1, 0.15) is 0 Å². The van der Waals surface area contributed by atoms with Gasteiger partial charge in [-0.3, -0.25) is 19.4 Å². The lowest BCUT2D eigenvalue weighted by Crippen LogP contribution is -2.30. The molecule has 0 atom stereocenters. The fourth-order valence-electron chi connectivity index (χ4n) is 3.45. The number of amides is 1. The molecule has 1 amide bonds. The zero-order valence-corrected chi connectivity index (χ0v) is 16.7. The summed E-state index contributed by atoms with van der Waals surface area (Å²) in [6, 6.07) is 3.57. The summed E-state index contributed by atoms with van der Waals surface area (Å²) in [5.74, 6) is 0.488. The SMILES string of the molecule is CCN(C(=O)c1cccnc1)c1nc2c(s1)CCc1c-2cnn1CC(C)C. The van der Waals surface area contributed by atoms with Crippen molar-refractivity contribution >= 4 is 22.4 Å². The molecular formula is C20H23N5OS. The van der Waals surface area contributed by atoms with E-state index in [0.29, 0.717) is 18.0 Å². The van der Waals surface area contributed by atoms with E-state index in [0.717, 1.165) is 35.8 Å². The summed E-state index contributed by atoms with van der Waals surface area (Å²) in [5, 5.41) is 5.34. The number of carbonyl (C=O) groups excluding carboxylic acids is 1. The van der Waals surface area contributed by atoms with Crippen molar-refractivity contribution in [3.8, 4) is 11.3 Å². The lowest BCUT2D eigenvalue weighted by Gasteiger charge is -2.17. The first-order chi connectivity index (χ1) is 13.1. The second-order valence-corrected chi connectivity index (χ2v) is 8.20. The minimum absolute atomic E-state index is 0.0626. The van der Waals surface area contributed by atoms with E-state index in [9.17, 15) is 4.79 Å². The maximum Gasteiger partial charge on any atom is 0.261 e. The quantitative estimate of drug-likeness (QED) is 0.674. The molecule has 3 aromatic heterocycles. The van der Waals surface area contributed by atoms with Crippen molar-refractivity contribution in [2.45, 2.75) is 40.2 Å². The molecule has 0 fully saturated rings. The summed E-state index contributed by atoms with van der Waals surface area (Å²) in [6.07, 6.45) is 7.12. The number of hydrogen-bond acceptors (Lipinski definition) is 5. The van der Waals surface area contributed by atoms with Crippen molar-refractivity contribution in [1.82, 2.24) is 19.7 Å². The normalized spacial score (nSPS) is 12.7. The van der Waals surface area contributed by atoms with Gasteiger partial charge < -0.3 is 0 Å². The molecule has 0 N–H and O–H groups in total. The fraction of sp³-hybridized carbons (Fsp3) is 0.400. The standard InChI is InChI=1S/C20H23N5OS/c1-4-24(19(26)14-6-5-9-21-10-14)20-23-18-15-11-22-25(12-13(2)3)16(15)7-8-17(18)27-20/h5-6,9-11,13H,4,7-8,12H2,1-3H3. The smallest absolute Gasteiger partial charge is 0.261 e. The molecule has 0 radical (unpaired) electrons. The van der Waals surface area contributed by atoms with Crippen LogP contribution in [-0.2, 0) is 19.4 Å². The van der Waals surface area contributed by atoms with Gasteiger partial charge in [0.15, 0.2) is 5.13 Å². The van der Waals surface area contributed by atoms with Crippen LogP contribution in [0.25, 0.3) is 11.3 Å². The van der Waals surface area contributed by atoms with Crippen molar-refractivity contribution in [3.05, 3.63) is 46.9 Å². The lowest BCUT2D eigenvalue weighted by atomic mass is 10.0. The average molecular weight is 382 g/mol. The molecule has 0 bridgehead atoms. The van der Waals surface area contributed by atoms with Gasteiger partial charge in [-0.05, 0) is 37.8 Å². The highest BCUT2D eigenvalue weighted by Gasteiger charge is 2.28. The van der Waals surface area contributed by atoms with Crippen molar-refractivity contribution < 1.29 is 4.79 Å². The maximum absolute atomic E-state index is 12.9. The number of pyridine rings is 1. The Hall–Kier alpha value is -2.54. The third-order valence-corrected chi connectivity index (χ3v) is 5.86. The number of anilines is 1. The Balaban J connectivity index is 1.68. The summed E-state index contributed by atoms with van der Waals surface area (Å²) >= 11 is 1.61. The second kappa shape index (κ2) is 7.23. The van der Waals surface area contributed by atoms with Crippen LogP contribution in [0.5, 0.6) is 0 Å². The number of thiazole rings is 1. The molecule has 27 heavy (non-hydrogen) atoms. The monoisotopic (exact) mass is 381 g/mol. The highest BCUT2D eigenvalue weighted by atomic mass is 32.1. The van der Waals surface area contributed by atoms with Crippen LogP contribution >= 0.6 is 11.3 Å². The van der Waals surface area contributed by atoms with Gasteiger partial charge in [-0.2, -0.15) is 5.10 Å². The Morgan fingerprint density at radius 3 is 2.89 bits per heavy atom. The van der Waals surface area contributed by atoms with Gasteiger partial charge in [-0.1, -0.05) is 13.8 Å². The van der Waals surface area contributed by atoms with Gasteiger partial charge in [0, 0.05) is 41.6 Å². The number of nitrogens with zero attached hydrogens (tertiary/aromatic N) is 5. The molecule has 0 aromatic carbocycles. The van der Waals surface area contributed by atoms with Crippen molar-refractivity contribution in [1.29, 1.82) is 0 Å². The fourth-order valence-corrected chi connectivity index (χ4v) is 4.59. The Morgan fingerprint density at radius 1 is 1.33 bits per heavy atom. The summed E-state index contributed by atoms with van der Waals surface area (Å²) < 4.78 is 2.11. The number of aromatic nitrogens is 4. The third-order valence-electron chi connectivity index (χ3n) is 4.72.